The number of carbonyl (C=O) groups excluding carboxylic acids is 1. The fourth-order valence-corrected chi connectivity index (χ4v) is 3.53. The largest absolute Gasteiger partial charge is 0.497 e. The van der Waals surface area contributed by atoms with Gasteiger partial charge in [-0.25, -0.2) is 0 Å². The van der Waals surface area contributed by atoms with Crippen molar-refractivity contribution in [2.45, 2.75) is 31.6 Å². The molecule has 1 heterocycles. The molecule has 0 bridgehead atoms. The number of rotatable bonds is 7. The average molecular weight is 421 g/mol. The number of benzene rings is 2. The van der Waals surface area contributed by atoms with Crippen molar-refractivity contribution in [2.24, 2.45) is 0 Å². The molecule has 30 heavy (non-hydrogen) atoms. The molecule has 1 fully saturated rings. The SMILES string of the molecule is COc1cccc(CN2CCC(NC(=O)CNc3cccc(C(F)(F)F)c3)CC2)c1. The Kier molecular flexibility index (Phi) is 7.20. The highest BCUT2D eigenvalue weighted by Crippen LogP contribution is 2.30. The molecule has 3 rings (SSSR count). The van der Waals surface area contributed by atoms with Gasteiger partial charge in [0.1, 0.15) is 5.75 Å². The van der Waals surface area contributed by atoms with Crippen molar-refractivity contribution in [1.82, 2.24) is 10.2 Å². The molecule has 2 aromatic rings. The zero-order valence-corrected chi connectivity index (χ0v) is 16.8. The smallest absolute Gasteiger partial charge is 0.416 e. The van der Waals surface area contributed by atoms with Gasteiger partial charge in [-0.1, -0.05) is 18.2 Å². The summed E-state index contributed by atoms with van der Waals surface area (Å²) in [6, 6.07) is 12.9. The first-order valence-corrected chi connectivity index (χ1v) is 9.89. The molecule has 5 nitrogen and oxygen atoms in total. The second-order valence-corrected chi connectivity index (χ2v) is 7.40. The Hall–Kier alpha value is -2.74. The van der Waals surface area contributed by atoms with Gasteiger partial charge in [-0.05, 0) is 48.7 Å². The molecular formula is C22H26F3N3O2. The Balaban J connectivity index is 1.41. The zero-order valence-electron chi connectivity index (χ0n) is 16.8. The number of hydrogen-bond acceptors (Lipinski definition) is 4. The van der Waals surface area contributed by atoms with Crippen molar-refractivity contribution in [3.63, 3.8) is 0 Å². The third-order valence-electron chi connectivity index (χ3n) is 5.14. The van der Waals surface area contributed by atoms with Crippen LogP contribution in [0.4, 0.5) is 18.9 Å². The number of likely N-dealkylation sites (tertiary alicyclic amines) is 1. The Morgan fingerprint density at radius 2 is 1.87 bits per heavy atom. The van der Waals surface area contributed by atoms with E-state index in [1.54, 1.807) is 7.11 Å². The third kappa shape index (κ3) is 6.38. The maximum atomic E-state index is 12.8. The Morgan fingerprint density at radius 3 is 2.57 bits per heavy atom. The molecule has 0 saturated carbocycles. The van der Waals surface area contributed by atoms with Gasteiger partial charge in [-0.15, -0.1) is 0 Å². The van der Waals surface area contributed by atoms with Crippen LogP contribution >= 0.6 is 0 Å². The molecule has 0 atom stereocenters. The molecule has 0 unspecified atom stereocenters. The van der Waals surface area contributed by atoms with Gasteiger partial charge in [0.15, 0.2) is 0 Å². The van der Waals surface area contributed by atoms with Gasteiger partial charge in [0, 0.05) is 31.4 Å². The van der Waals surface area contributed by atoms with Gasteiger partial charge in [-0.2, -0.15) is 13.2 Å². The number of anilines is 1. The van der Waals surface area contributed by atoms with E-state index in [-0.39, 0.29) is 24.2 Å². The number of amides is 1. The molecule has 0 aromatic heterocycles. The number of halogens is 3. The molecule has 2 aromatic carbocycles. The molecule has 0 aliphatic carbocycles. The van der Waals surface area contributed by atoms with Crippen LogP contribution in [0.3, 0.4) is 0 Å². The van der Waals surface area contributed by atoms with Crippen molar-refractivity contribution >= 4 is 11.6 Å². The second-order valence-electron chi connectivity index (χ2n) is 7.40. The first-order valence-electron chi connectivity index (χ1n) is 9.89. The quantitative estimate of drug-likeness (QED) is 0.712. The lowest BCUT2D eigenvalue weighted by atomic mass is 10.0. The Labute approximate surface area is 174 Å². The minimum atomic E-state index is -4.40. The van der Waals surface area contributed by atoms with Crippen LogP contribution in [0.15, 0.2) is 48.5 Å². The Morgan fingerprint density at radius 1 is 1.13 bits per heavy atom. The maximum Gasteiger partial charge on any atom is 0.416 e. The Bertz CT molecular complexity index is 850. The fraction of sp³-hybridized carbons (Fsp3) is 0.409. The molecule has 162 valence electrons. The third-order valence-corrected chi connectivity index (χ3v) is 5.14. The van der Waals surface area contributed by atoms with Crippen LogP contribution in [-0.4, -0.2) is 43.6 Å². The molecule has 1 amide bonds. The lowest BCUT2D eigenvalue weighted by molar-refractivity contribution is -0.137. The van der Waals surface area contributed by atoms with Crippen molar-refractivity contribution in [3.05, 3.63) is 59.7 Å². The number of nitrogens with zero attached hydrogens (tertiary/aromatic N) is 1. The number of piperidine rings is 1. The molecule has 1 aliphatic rings. The van der Waals surface area contributed by atoms with Crippen LogP contribution in [-0.2, 0) is 17.5 Å². The summed E-state index contributed by atoms with van der Waals surface area (Å²) in [6.07, 6.45) is -2.74. The first-order chi connectivity index (χ1) is 14.3. The highest BCUT2D eigenvalue weighted by Gasteiger charge is 2.30. The van der Waals surface area contributed by atoms with Crippen molar-refractivity contribution < 1.29 is 22.7 Å². The molecular weight excluding hydrogens is 395 g/mol. The number of nitrogens with one attached hydrogen (secondary N) is 2. The minimum absolute atomic E-state index is 0.0642. The summed E-state index contributed by atoms with van der Waals surface area (Å²) in [5, 5.41) is 5.73. The number of hydrogen-bond donors (Lipinski definition) is 2. The van der Waals surface area contributed by atoms with E-state index in [0.717, 1.165) is 50.4 Å². The normalized spacial score (nSPS) is 15.6. The molecule has 8 heteroatoms. The molecule has 0 spiro atoms. The summed E-state index contributed by atoms with van der Waals surface area (Å²) in [5.41, 5.74) is 0.714. The lowest BCUT2D eigenvalue weighted by Crippen LogP contribution is -2.45. The highest BCUT2D eigenvalue weighted by atomic mass is 19.4. The van der Waals surface area contributed by atoms with Crippen LogP contribution in [0.1, 0.15) is 24.0 Å². The first kappa shape index (κ1) is 22.0. The number of carbonyl (C=O) groups is 1. The zero-order chi connectivity index (χ0) is 21.6. The van der Waals surface area contributed by atoms with E-state index >= 15 is 0 Å². The number of ether oxygens (including phenoxy) is 1. The van der Waals surface area contributed by atoms with E-state index in [9.17, 15) is 18.0 Å². The summed E-state index contributed by atoms with van der Waals surface area (Å²) in [4.78, 5) is 14.5. The van der Waals surface area contributed by atoms with Gasteiger partial charge in [0.25, 0.3) is 0 Å². The van der Waals surface area contributed by atoms with E-state index in [1.165, 1.54) is 17.7 Å². The summed E-state index contributed by atoms with van der Waals surface area (Å²) >= 11 is 0. The number of methoxy groups -OCH3 is 1. The fourth-order valence-electron chi connectivity index (χ4n) is 3.53. The average Bonchev–Trinajstić information content (AvgIpc) is 2.73. The highest BCUT2D eigenvalue weighted by molar-refractivity contribution is 5.81. The predicted molar refractivity (Wildman–Crippen MR) is 109 cm³/mol. The maximum absolute atomic E-state index is 12.8. The van der Waals surface area contributed by atoms with E-state index in [2.05, 4.69) is 21.6 Å². The monoisotopic (exact) mass is 421 g/mol. The van der Waals surface area contributed by atoms with Crippen LogP contribution in [0.2, 0.25) is 0 Å². The molecule has 1 aliphatic heterocycles. The van der Waals surface area contributed by atoms with Crippen LogP contribution in [0.5, 0.6) is 5.75 Å². The van der Waals surface area contributed by atoms with Gasteiger partial charge >= 0.3 is 6.18 Å². The molecule has 1 saturated heterocycles. The summed E-state index contributed by atoms with van der Waals surface area (Å²) in [6.45, 7) is 2.49. The predicted octanol–water partition coefficient (Wildman–Crippen LogP) is 3.91. The van der Waals surface area contributed by atoms with E-state index in [4.69, 9.17) is 4.74 Å². The van der Waals surface area contributed by atoms with Crippen LogP contribution in [0.25, 0.3) is 0 Å². The minimum Gasteiger partial charge on any atom is -0.497 e. The van der Waals surface area contributed by atoms with Gasteiger partial charge < -0.3 is 15.4 Å². The second kappa shape index (κ2) is 9.84. The summed E-state index contributed by atoms with van der Waals surface area (Å²) < 4.78 is 43.6. The van der Waals surface area contributed by atoms with Crippen LogP contribution in [0, 0.1) is 0 Å². The van der Waals surface area contributed by atoms with Crippen LogP contribution < -0.4 is 15.4 Å². The summed E-state index contributed by atoms with van der Waals surface area (Å²) in [5.74, 6) is 0.613. The van der Waals surface area contributed by atoms with Gasteiger partial charge in [0.2, 0.25) is 5.91 Å². The van der Waals surface area contributed by atoms with Gasteiger partial charge in [0.05, 0.1) is 19.2 Å². The topological polar surface area (TPSA) is 53.6 Å². The summed E-state index contributed by atoms with van der Waals surface area (Å²) in [7, 11) is 1.65. The van der Waals surface area contributed by atoms with Crippen molar-refractivity contribution in [3.8, 4) is 5.75 Å². The van der Waals surface area contributed by atoms with Gasteiger partial charge in [-0.3, -0.25) is 9.69 Å². The van der Waals surface area contributed by atoms with E-state index < -0.39 is 11.7 Å². The molecule has 0 radical (unpaired) electrons. The number of alkyl halides is 3. The lowest BCUT2D eigenvalue weighted by Gasteiger charge is -2.32. The van der Waals surface area contributed by atoms with Crippen molar-refractivity contribution in [1.29, 1.82) is 0 Å². The van der Waals surface area contributed by atoms with Crippen molar-refractivity contribution in [2.75, 3.05) is 32.1 Å². The van der Waals surface area contributed by atoms with E-state index in [1.807, 2.05) is 18.2 Å². The standard InChI is InChI=1S/C22H26F3N3O2/c1-30-20-7-2-4-16(12-20)15-28-10-8-18(9-11-28)27-21(29)14-26-19-6-3-5-17(13-19)22(23,24)25/h2-7,12-13,18,26H,8-11,14-15H2,1H3,(H,27,29). The van der Waals surface area contributed by atoms with E-state index in [0.29, 0.717) is 0 Å². The molecule has 2 N–H and O–H groups in total.